The number of benzene rings is 2. The highest BCUT2D eigenvalue weighted by Gasteiger charge is 2.16. The second-order valence-corrected chi connectivity index (χ2v) is 10.4. The number of aromatic nitrogens is 2. The summed E-state index contributed by atoms with van der Waals surface area (Å²) in [7, 11) is 0. The molecule has 4 aromatic rings. The molecule has 0 aliphatic carbocycles. The maximum Gasteiger partial charge on any atom is 0.181 e. The Labute approximate surface area is 209 Å². The monoisotopic (exact) mass is 486 g/mol. The first kappa shape index (κ1) is 23.3. The van der Waals surface area contributed by atoms with E-state index in [1.807, 2.05) is 31.2 Å². The van der Waals surface area contributed by atoms with Crippen LogP contribution < -0.4 is 15.8 Å². The Balaban J connectivity index is 1.34. The van der Waals surface area contributed by atoms with Crippen LogP contribution in [-0.2, 0) is 0 Å². The summed E-state index contributed by atoms with van der Waals surface area (Å²) < 4.78 is 7.15. The molecule has 0 radical (unpaired) electrons. The van der Waals surface area contributed by atoms with E-state index in [2.05, 4.69) is 39.2 Å². The van der Waals surface area contributed by atoms with Crippen LogP contribution in [0.25, 0.3) is 21.1 Å². The average molecular weight is 487 g/mol. The number of thiazole rings is 1. The second-order valence-electron chi connectivity index (χ2n) is 9.38. The normalized spacial score (nSPS) is 14.9. The first-order valence-corrected chi connectivity index (χ1v) is 12.9. The zero-order chi connectivity index (χ0) is 24.4. The van der Waals surface area contributed by atoms with Gasteiger partial charge in [0.25, 0.3) is 0 Å². The van der Waals surface area contributed by atoms with Gasteiger partial charge in [-0.05, 0) is 75.0 Å². The van der Waals surface area contributed by atoms with Gasteiger partial charge in [-0.3, -0.25) is 4.98 Å². The van der Waals surface area contributed by atoms with Gasteiger partial charge in [0.2, 0.25) is 0 Å². The maximum absolute atomic E-state index is 9.74. The van der Waals surface area contributed by atoms with Crippen LogP contribution in [0, 0.1) is 24.2 Å². The third-order valence-corrected chi connectivity index (χ3v) is 7.56. The number of nitrogens with zero attached hydrogens (tertiary/aromatic N) is 4. The minimum atomic E-state index is 0.491. The molecule has 0 bridgehead atoms. The van der Waals surface area contributed by atoms with Crippen LogP contribution >= 0.6 is 11.3 Å². The van der Waals surface area contributed by atoms with E-state index >= 15 is 0 Å². The third-order valence-electron chi connectivity index (χ3n) is 6.71. The average Bonchev–Trinajstić information content (AvgIpc) is 3.23. The molecule has 2 aromatic carbocycles. The summed E-state index contributed by atoms with van der Waals surface area (Å²) in [6.07, 6.45) is 5.21. The first-order valence-electron chi connectivity index (χ1n) is 12.1. The molecule has 7 nitrogen and oxygen atoms in total. The number of aryl methyl sites for hydroxylation is 1. The Morgan fingerprint density at radius 2 is 2.06 bits per heavy atom. The summed E-state index contributed by atoms with van der Waals surface area (Å²) >= 11 is 1.44. The van der Waals surface area contributed by atoms with E-state index < -0.39 is 0 Å². The van der Waals surface area contributed by atoms with Crippen LogP contribution in [-0.4, -0.2) is 41.1 Å². The number of ether oxygens (including phenoxy) is 1. The van der Waals surface area contributed by atoms with E-state index in [4.69, 9.17) is 10.5 Å². The van der Waals surface area contributed by atoms with Gasteiger partial charge in [-0.2, -0.15) is 5.26 Å². The number of fused-ring (bicyclic) bond motifs is 2. The third kappa shape index (κ3) is 5.16. The standard InChI is InChI=1S/C27H30N6OS/c1-17-6-9-33(10-7-17)8-3-11-34-24-14-23-21(12-18(24)2)26(19(15-28)16-30-23)31-20-4-5-22-25(13-20)35-27(29)32-22/h4-5,12-14,16-17H,3,6-11H2,1-2H3,(H2,29,32)(H,30,31). The van der Waals surface area contributed by atoms with Gasteiger partial charge in [-0.15, -0.1) is 0 Å². The van der Waals surface area contributed by atoms with E-state index in [1.54, 1.807) is 6.20 Å². The van der Waals surface area contributed by atoms with Crippen molar-refractivity contribution in [3.05, 3.63) is 47.7 Å². The van der Waals surface area contributed by atoms with Crippen LogP contribution in [0.4, 0.5) is 16.5 Å². The van der Waals surface area contributed by atoms with Gasteiger partial charge in [0.05, 0.1) is 33.6 Å². The molecule has 2 aromatic heterocycles. The molecule has 0 amide bonds. The molecular weight excluding hydrogens is 456 g/mol. The van der Waals surface area contributed by atoms with Crippen molar-refractivity contribution in [1.82, 2.24) is 14.9 Å². The van der Waals surface area contributed by atoms with Gasteiger partial charge in [0.15, 0.2) is 5.13 Å². The molecular formula is C27H30N6OS. The SMILES string of the molecule is Cc1cc2c(Nc3ccc4nc(N)sc4c3)c(C#N)cnc2cc1OCCCN1CCC(C)CC1. The van der Waals surface area contributed by atoms with Crippen molar-refractivity contribution >= 4 is 49.0 Å². The molecule has 1 fully saturated rings. The fraction of sp³-hybridized carbons (Fsp3) is 0.370. The predicted octanol–water partition coefficient (Wildman–Crippen LogP) is 5.85. The van der Waals surface area contributed by atoms with Crippen LogP contribution in [0.5, 0.6) is 5.75 Å². The van der Waals surface area contributed by atoms with Crippen molar-refractivity contribution in [2.45, 2.75) is 33.1 Å². The Morgan fingerprint density at radius 1 is 1.23 bits per heavy atom. The Hall–Kier alpha value is -3.41. The molecule has 0 spiro atoms. The number of nitriles is 1. The smallest absolute Gasteiger partial charge is 0.181 e. The Kier molecular flexibility index (Phi) is 6.71. The highest BCUT2D eigenvalue weighted by Crippen LogP contribution is 2.34. The van der Waals surface area contributed by atoms with Crippen LogP contribution in [0.15, 0.2) is 36.5 Å². The number of pyridine rings is 1. The van der Waals surface area contributed by atoms with Crippen LogP contribution in [0.2, 0.25) is 0 Å². The highest BCUT2D eigenvalue weighted by molar-refractivity contribution is 7.22. The maximum atomic E-state index is 9.74. The van der Waals surface area contributed by atoms with Crippen molar-refractivity contribution in [2.24, 2.45) is 5.92 Å². The van der Waals surface area contributed by atoms with Gasteiger partial charge in [0, 0.05) is 29.9 Å². The predicted molar refractivity (Wildman–Crippen MR) is 143 cm³/mol. The summed E-state index contributed by atoms with van der Waals surface area (Å²) in [4.78, 5) is 11.4. The molecule has 5 rings (SSSR count). The lowest BCUT2D eigenvalue weighted by Crippen LogP contribution is -2.34. The number of nitrogens with one attached hydrogen (secondary N) is 1. The molecule has 35 heavy (non-hydrogen) atoms. The van der Waals surface area contributed by atoms with Crippen molar-refractivity contribution < 1.29 is 4.74 Å². The highest BCUT2D eigenvalue weighted by atomic mass is 32.1. The topological polar surface area (TPSA) is 100 Å². The molecule has 8 heteroatoms. The minimum absolute atomic E-state index is 0.491. The number of rotatable bonds is 7. The fourth-order valence-electron chi connectivity index (χ4n) is 4.62. The molecule has 1 aliphatic heterocycles. The lowest BCUT2D eigenvalue weighted by molar-refractivity contribution is 0.177. The molecule has 1 saturated heterocycles. The van der Waals surface area contributed by atoms with Gasteiger partial charge in [0.1, 0.15) is 11.8 Å². The number of piperidine rings is 1. The number of hydrogen-bond donors (Lipinski definition) is 2. The lowest BCUT2D eigenvalue weighted by Gasteiger charge is -2.30. The number of nitrogens with two attached hydrogens (primary N) is 1. The van der Waals surface area contributed by atoms with E-state index in [9.17, 15) is 5.26 Å². The molecule has 180 valence electrons. The number of likely N-dealkylation sites (tertiary alicyclic amines) is 1. The first-order chi connectivity index (χ1) is 17.0. The van der Waals surface area contributed by atoms with Crippen molar-refractivity contribution in [3.8, 4) is 11.8 Å². The molecule has 0 unspecified atom stereocenters. The molecule has 3 N–H and O–H groups in total. The van der Waals surface area contributed by atoms with E-state index in [0.717, 1.165) is 62.7 Å². The summed E-state index contributed by atoms with van der Waals surface area (Å²) in [5, 5.41) is 14.6. The van der Waals surface area contributed by atoms with Crippen molar-refractivity contribution in [2.75, 3.05) is 37.3 Å². The zero-order valence-electron chi connectivity index (χ0n) is 20.2. The van der Waals surface area contributed by atoms with Gasteiger partial charge in [-0.1, -0.05) is 18.3 Å². The molecule has 1 aliphatic rings. The largest absolute Gasteiger partial charge is 0.493 e. The number of nitrogen functional groups attached to an aromatic ring is 1. The van der Waals surface area contributed by atoms with Crippen LogP contribution in [0.1, 0.15) is 37.3 Å². The van der Waals surface area contributed by atoms with Crippen LogP contribution in [0.3, 0.4) is 0 Å². The second kappa shape index (κ2) is 10.1. The summed E-state index contributed by atoms with van der Waals surface area (Å²) in [5.41, 5.74) is 10.6. The minimum Gasteiger partial charge on any atom is -0.493 e. The number of hydrogen-bond acceptors (Lipinski definition) is 8. The fourth-order valence-corrected chi connectivity index (χ4v) is 5.40. The molecule has 0 saturated carbocycles. The zero-order valence-corrected chi connectivity index (χ0v) is 21.0. The van der Waals surface area contributed by atoms with Crippen molar-refractivity contribution in [3.63, 3.8) is 0 Å². The van der Waals surface area contributed by atoms with Gasteiger partial charge in [-0.25, -0.2) is 4.98 Å². The van der Waals surface area contributed by atoms with E-state index in [1.165, 1.54) is 37.3 Å². The Bertz CT molecular complexity index is 1400. The summed E-state index contributed by atoms with van der Waals surface area (Å²) in [5.74, 6) is 1.69. The summed E-state index contributed by atoms with van der Waals surface area (Å²) in [6, 6.07) is 12.2. The molecule has 3 heterocycles. The van der Waals surface area contributed by atoms with E-state index in [0.29, 0.717) is 17.3 Å². The quantitative estimate of drug-likeness (QED) is 0.316. The summed E-state index contributed by atoms with van der Waals surface area (Å²) in [6.45, 7) is 8.52. The number of anilines is 3. The Morgan fingerprint density at radius 3 is 2.86 bits per heavy atom. The van der Waals surface area contributed by atoms with Gasteiger partial charge < -0.3 is 20.7 Å². The van der Waals surface area contributed by atoms with E-state index in [-0.39, 0.29) is 0 Å². The van der Waals surface area contributed by atoms with Crippen molar-refractivity contribution in [1.29, 1.82) is 5.26 Å². The lowest BCUT2D eigenvalue weighted by atomic mass is 9.99. The van der Waals surface area contributed by atoms with Gasteiger partial charge >= 0.3 is 0 Å². The molecule has 0 atom stereocenters.